The number of hydrogen-bond donors (Lipinski definition) is 1. The molecule has 0 unspecified atom stereocenters. The van der Waals surface area contributed by atoms with Crippen molar-refractivity contribution in [1.29, 1.82) is 0 Å². The third kappa shape index (κ3) is 4.78. The summed E-state index contributed by atoms with van der Waals surface area (Å²) in [4.78, 5) is 40.3. The lowest BCUT2D eigenvalue weighted by molar-refractivity contribution is -0.135. The van der Waals surface area contributed by atoms with E-state index >= 15 is 0 Å². The Kier molecular flexibility index (Phi) is 6.34. The van der Waals surface area contributed by atoms with Crippen LogP contribution in [-0.4, -0.2) is 51.6 Å². The maximum atomic E-state index is 12.7. The highest BCUT2D eigenvalue weighted by molar-refractivity contribution is 8.18. The van der Waals surface area contributed by atoms with Gasteiger partial charge in [0, 0.05) is 23.7 Å². The molecule has 2 fully saturated rings. The van der Waals surface area contributed by atoms with Gasteiger partial charge in [0.1, 0.15) is 12.3 Å². The summed E-state index contributed by atoms with van der Waals surface area (Å²) in [7, 11) is 0. The van der Waals surface area contributed by atoms with Gasteiger partial charge in [0.05, 0.1) is 4.91 Å². The standard InChI is InChI=1S/C23H21ClN2O4S/c24-18-6-2-1-5-16(18)11-15-7-8-19(27)17(12-15)13-20-22(29)26(23(30)31-20)14-21(28)25-9-3-4-10-25/h1-2,5-8,12-13,27H,3-4,9-11,14H2/b20-13-. The average Bonchev–Trinajstić information content (AvgIpc) is 3.37. The molecule has 2 aromatic rings. The molecule has 2 aliphatic rings. The molecule has 2 heterocycles. The van der Waals surface area contributed by atoms with E-state index in [4.69, 9.17) is 11.6 Å². The first-order valence-corrected chi connectivity index (χ1v) is 11.2. The second-order valence-electron chi connectivity index (χ2n) is 7.52. The maximum absolute atomic E-state index is 12.7. The van der Waals surface area contributed by atoms with Gasteiger partial charge in [-0.15, -0.1) is 0 Å². The summed E-state index contributed by atoms with van der Waals surface area (Å²) >= 11 is 7.02. The number of carbonyl (C=O) groups is 3. The minimum absolute atomic E-state index is 0.00264. The molecule has 2 aliphatic heterocycles. The van der Waals surface area contributed by atoms with E-state index in [1.54, 1.807) is 23.1 Å². The van der Waals surface area contributed by atoms with Crippen molar-refractivity contribution >= 4 is 46.5 Å². The van der Waals surface area contributed by atoms with Gasteiger partial charge >= 0.3 is 0 Å². The van der Waals surface area contributed by atoms with E-state index < -0.39 is 11.1 Å². The fourth-order valence-corrected chi connectivity index (χ4v) is 4.70. The highest BCUT2D eigenvalue weighted by Gasteiger charge is 2.37. The van der Waals surface area contributed by atoms with E-state index in [1.165, 1.54) is 6.08 Å². The van der Waals surface area contributed by atoms with Crippen LogP contribution in [0.25, 0.3) is 6.08 Å². The number of rotatable bonds is 5. The lowest BCUT2D eigenvalue weighted by Crippen LogP contribution is -2.40. The molecule has 0 aromatic heterocycles. The molecule has 2 saturated heterocycles. The molecule has 0 bridgehead atoms. The molecule has 0 saturated carbocycles. The van der Waals surface area contributed by atoms with Crippen LogP contribution in [0.4, 0.5) is 4.79 Å². The van der Waals surface area contributed by atoms with Gasteiger partial charge in [0.2, 0.25) is 5.91 Å². The van der Waals surface area contributed by atoms with Crippen molar-refractivity contribution in [2.75, 3.05) is 19.6 Å². The van der Waals surface area contributed by atoms with Crippen LogP contribution in [0, 0.1) is 0 Å². The molecule has 0 atom stereocenters. The van der Waals surface area contributed by atoms with Crippen LogP contribution in [0.3, 0.4) is 0 Å². The Labute approximate surface area is 189 Å². The predicted octanol–water partition coefficient (Wildman–Crippen LogP) is 4.30. The third-order valence-corrected chi connectivity index (χ3v) is 6.63. The van der Waals surface area contributed by atoms with E-state index in [-0.39, 0.29) is 23.1 Å². The van der Waals surface area contributed by atoms with E-state index in [0.29, 0.717) is 30.1 Å². The van der Waals surface area contributed by atoms with Crippen LogP contribution in [0.2, 0.25) is 5.02 Å². The molecule has 4 rings (SSSR count). The zero-order chi connectivity index (χ0) is 22.0. The third-order valence-electron chi connectivity index (χ3n) is 5.36. The number of phenols is 1. The Morgan fingerprint density at radius 3 is 2.61 bits per heavy atom. The van der Waals surface area contributed by atoms with Crippen molar-refractivity contribution in [1.82, 2.24) is 9.80 Å². The Morgan fingerprint density at radius 2 is 1.87 bits per heavy atom. The van der Waals surface area contributed by atoms with Gasteiger partial charge in [-0.1, -0.05) is 35.9 Å². The molecule has 3 amide bonds. The predicted molar refractivity (Wildman–Crippen MR) is 121 cm³/mol. The number of nitrogens with zero attached hydrogens (tertiary/aromatic N) is 2. The topological polar surface area (TPSA) is 77.9 Å². The number of thioether (sulfide) groups is 1. The van der Waals surface area contributed by atoms with Crippen molar-refractivity contribution in [2.24, 2.45) is 0 Å². The lowest BCUT2D eigenvalue weighted by Gasteiger charge is -2.18. The van der Waals surface area contributed by atoms with Crippen LogP contribution < -0.4 is 0 Å². The molecule has 2 aromatic carbocycles. The normalized spacial score (nSPS) is 17.8. The van der Waals surface area contributed by atoms with Gasteiger partial charge in [-0.3, -0.25) is 19.3 Å². The van der Waals surface area contributed by atoms with E-state index in [2.05, 4.69) is 0 Å². The number of halogens is 1. The van der Waals surface area contributed by atoms with E-state index in [0.717, 1.165) is 40.6 Å². The summed E-state index contributed by atoms with van der Waals surface area (Å²) in [5.74, 6) is -0.730. The smallest absolute Gasteiger partial charge is 0.294 e. The number of aromatic hydroxyl groups is 1. The Balaban J connectivity index is 1.52. The van der Waals surface area contributed by atoms with Crippen LogP contribution in [0.1, 0.15) is 29.5 Å². The van der Waals surface area contributed by atoms with Gasteiger partial charge in [0.25, 0.3) is 11.1 Å². The molecule has 31 heavy (non-hydrogen) atoms. The number of amides is 3. The molecule has 160 valence electrons. The summed E-state index contributed by atoms with van der Waals surface area (Å²) in [6, 6.07) is 12.6. The van der Waals surface area contributed by atoms with Crippen molar-refractivity contribution in [3.05, 3.63) is 69.1 Å². The largest absolute Gasteiger partial charge is 0.507 e. The van der Waals surface area contributed by atoms with Gasteiger partial charge < -0.3 is 10.0 Å². The first-order valence-electron chi connectivity index (χ1n) is 10.0. The molecule has 6 nitrogen and oxygen atoms in total. The van der Waals surface area contributed by atoms with E-state index in [1.807, 2.05) is 24.3 Å². The SMILES string of the molecule is O=C(CN1C(=O)S/C(=C\c2cc(Cc3ccccc3Cl)ccc2O)C1=O)N1CCCC1. The second kappa shape index (κ2) is 9.16. The fraction of sp³-hybridized carbons (Fsp3) is 0.261. The Morgan fingerprint density at radius 1 is 1.13 bits per heavy atom. The first-order chi connectivity index (χ1) is 14.9. The van der Waals surface area contributed by atoms with Crippen molar-refractivity contribution in [3.8, 4) is 5.75 Å². The summed E-state index contributed by atoms with van der Waals surface area (Å²) in [5.41, 5.74) is 2.28. The second-order valence-corrected chi connectivity index (χ2v) is 8.92. The molecular weight excluding hydrogens is 436 g/mol. The minimum atomic E-state index is -0.515. The molecule has 1 N–H and O–H groups in total. The van der Waals surface area contributed by atoms with Gasteiger partial charge in [-0.2, -0.15) is 0 Å². The maximum Gasteiger partial charge on any atom is 0.294 e. The minimum Gasteiger partial charge on any atom is -0.507 e. The average molecular weight is 457 g/mol. The number of carbonyl (C=O) groups excluding carboxylic acids is 3. The summed E-state index contributed by atoms with van der Waals surface area (Å²) in [6.45, 7) is 1.08. The van der Waals surface area contributed by atoms with E-state index in [9.17, 15) is 19.5 Å². The number of phenolic OH excluding ortho intramolecular Hbond substituents is 1. The van der Waals surface area contributed by atoms with Crippen LogP contribution in [0.15, 0.2) is 47.4 Å². The van der Waals surface area contributed by atoms with Gasteiger partial charge in [0.15, 0.2) is 0 Å². The zero-order valence-corrected chi connectivity index (χ0v) is 18.3. The molecule has 0 radical (unpaired) electrons. The highest BCUT2D eigenvalue weighted by atomic mass is 35.5. The van der Waals surface area contributed by atoms with Gasteiger partial charge in [-0.25, -0.2) is 0 Å². The number of imide groups is 1. The Bertz CT molecular complexity index is 1080. The highest BCUT2D eigenvalue weighted by Crippen LogP contribution is 2.34. The van der Waals surface area contributed by atoms with Crippen LogP contribution >= 0.6 is 23.4 Å². The summed E-state index contributed by atoms with van der Waals surface area (Å²) < 4.78 is 0. The quantitative estimate of drug-likeness (QED) is 0.679. The number of hydrogen-bond acceptors (Lipinski definition) is 5. The van der Waals surface area contributed by atoms with Gasteiger partial charge in [-0.05, 0) is 66.4 Å². The first kappa shape index (κ1) is 21.5. The Hall–Kier alpha value is -2.77. The molecule has 0 aliphatic carbocycles. The number of likely N-dealkylation sites (tertiary alicyclic amines) is 1. The zero-order valence-electron chi connectivity index (χ0n) is 16.7. The van der Waals surface area contributed by atoms with Crippen molar-refractivity contribution < 1.29 is 19.5 Å². The van der Waals surface area contributed by atoms with Crippen molar-refractivity contribution in [2.45, 2.75) is 19.3 Å². The molecule has 0 spiro atoms. The number of benzene rings is 2. The fourth-order valence-electron chi connectivity index (χ4n) is 3.67. The van der Waals surface area contributed by atoms with Crippen LogP contribution in [0.5, 0.6) is 5.75 Å². The van der Waals surface area contributed by atoms with Crippen molar-refractivity contribution in [3.63, 3.8) is 0 Å². The molecular formula is C23H21ClN2O4S. The molecule has 8 heteroatoms. The van der Waals surface area contributed by atoms with Crippen LogP contribution in [-0.2, 0) is 16.0 Å². The summed E-state index contributed by atoms with van der Waals surface area (Å²) in [6.07, 6.45) is 3.94. The monoisotopic (exact) mass is 456 g/mol. The lowest BCUT2D eigenvalue weighted by atomic mass is 10.0. The summed E-state index contributed by atoms with van der Waals surface area (Å²) in [5, 5.41) is 10.4.